The largest absolute Gasteiger partial charge is 0.493 e. The molecule has 1 atom stereocenters. The lowest BCUT2D eigenvalue weighted by Crippen LogP contribution is -2.38. The smallest absolute Gasteiger partial charge is 0.325 e. The number of aliphatic hydroxyl groups excluding tert-OH is 1. The summed E-state index contributed by atoms with van der Waals surface area (Å²) >= 11 is 0. The zero-order valence-electron chi connectivity index (χ0n) is 24.7. The number of amides is 3. The Morgan fingerprint density at radius 3 is 2.47 bits per heavy atom. The van der Waals surface area contributed by atoms with E-state index in [1.165, 1.54) is 56.1 Å². The number of hydrogen-bond donors (Lipinski definition) is 3. The summed E-state index contributed by atoms with van der Waals surface area (Å²) in [5, 5.41) is 15.6. The Kier molecular flexibility index (Phi) is 10.4. The number of urea groups is 1. The summed E-state index contributed by atoms with van der Waals surface area (Å²) in [4.78, 5) is 31.0. The summed E-state index contributed by atoms with van der Waals surface area (Å²) in [6.45, 7) is 2.56. The van der Waals surface area contributed by atoms with Crippen LogP contribution in [0, 0.1) is 11.6 Å². The van der Waals surface area contributed by atoms with Crippen LogP contribution in [-0.2, 0) is 11.2 Å². The van der Waals surface area contributed by atoms with Crippen LogP contribution in [0.5, 0.6) is 23.0 Å². The molecule has 0 aliphatic carbocycles. The first kappa shape index (κ1) is 31.6. The van der Waals surface area contributed by atoms with Crippen molar-refractivity contribution in [2.45, 2.75) is 31.8 Å². The Balaban J connectivity index is 1.21. The van der Waals surface area contributed by atoms with Crippen LogP contribution < -0.4 is 24.8 Å². The molecule has 3 aromatic carbocycles. The molecule has 4 aromatic rings. The molecule has 12 heteroatoms. The van der Waals surface area contributed by atoms with Gasteiger partial charge in [0.2, 0.25) is 5.91 Å². The van der Waals surface area contributed by atoms with Gasteiger partial charge in [0.25, 0.3) is 0 Å². The number of likely N-dealkylation sites (tertiary alicyclic amines) is 1. The zero-order chi connectivity index (χ0) is 31.8. The number of rotatable bonds is 11. The van der Waals surface area contributed by atoms with Gasteiger partial charge < -0.3 is 29.5 Å². The fourth-order valence-corrected chi connectivity index (χ4v) is 5.07. The van der Waals surface area contributed by atoms with Crippen LogP contribution >= 0.6 is 0 Å². The highest BCUT2D eigenvalue weighted by molar-refractivity contribution is 6.01. The van der Waals surface area contributed by atoms with Gasteiger partial charge in [-0.05, 0) is 67.9 Å². The summed E-state index contributed by atoms with van der Waals surface area (Å²) in [6, 6.07) is 13.2. The van der Waals surface area contributed by atoms with Gasteiger partial charge in [-0.15, -0.1) is 0 Å². The summed E-state index contributed by atoms with van der Waals surface area (Å²) in [7, 11) is 1.49. The van der Waals surface area contributed by atoms with Gasteiger partial charge in [-0.25, -0.2) is 13.6 Å². The van der Waals surface area contributed by atoms with Gasteiger partial charge >= 0.3 is 6.03 Å². The van der Waals surface area contributed by atoms with E-state index in [2.05, 4.69) is 20.5 Å². The number of carbonyl (C=O) groups is 2. The molecule has 1 fully saturated rings. The van der Waals surface area contributed by atoms with Crippen molar-refractivity contribution in [2.24, 2.45) is 0 Å². The molecule has 0 saturated carbocycles. The zero-order valence-corrected chi connectivity index (χ0v) is 24.7. The number of carbonyl (C=O) groups excluding carboxylic acids is 2. The van der Waals surface area contributed by atoms with Crippen molar-refractivity contribution in [3.8, 4) is 23.0 Å². The van der Waals surface area contributed by atoms with Gasteiger partial charge in [0, 0.05) is 35.9 Å². The van der Waals surface area contributed by atoms with E-state index in [0.29, 0.717) is 40.3 Å². The van der Waals surface area contributed by atoms with Crippen molar-refractivity contribution in [2.75, 3.05) is 38.7 Å². The third kappa shape index (κ3) is 8.64. The van der Waals surface area contributed by atoms with Crippen molar-refractivity contribution in [1.29, 1.82) is 0 Å². The summed E-state index contributed by atoms with van der Waals surface area (Å²) < 4.78 is 45.4. The fourth-order valence-electron chi connectivity index (χ4n) is 5.07. The van der Waals surface area contributed by atoms with Gasteiger partial charge in [0.15, 0.2) is 23.1 Å². The molecule has 1 aliphatic heterocycles. The minimum Gasteiger partial charge on any atom is -0.493 e. The molecule has 45 heavy (non-hydrogen) atoms. The minimum atomic E-state index is -0.848. The van der Waals surface area contributed by atoms with Gasteiger partial charge in [-0.2, -0.15) is 0 Å². The van der Waals surface area contributed by atoms with E-state index >= 15 is 4.39 Å². The first-order valence-electron chi connectivity index (χ1n) is 14.6. The predicted octanol–water partition coefficient (Wildman–Crippen LogP) is 5.43. The molecule has 10 nitrogen and oxygen atoms in total. The molecule has 1 saturated heterocycles. The molecule has 3 N–H and O–H groups in total. The van der Waals surface area contributed by atoms with Crippen LogP contribution in [0.3, 0.4) is 0 Å². The average Bonchev–Trinajstić information content (AvgIpc) is 3.02. The second-order valence-electron chi connectivity index (χ2n) is 10.7. The number of nitrogens with zero attached hydrogens (tertiary/aromatic N) is 2. The van der Waals surface area contributed by atoms with E-state index in [9.17, 15) is 19.1 Å². The molecule has 0 radical (unpaired) electrons. The highest BCUT2D eigenvalue weighted by Gasteiger charge is 2.18. The lowest BCUT2D eigenvalue weighted by Gasteiger charge is -2.28. The number of piperidine rings is 1. The molecule has 0 bridgehead atoms. The van der Waals surface area contributed by atoms with Crippen LogP contribution in [0.25, 0.3) is 10.9 Å². The molecule has 3 amide bonds. The third-order valence-electron chi connectivity index (χ3n) is 7.28. The molecule has 5 rings (SSSR count). The van der Waals surface area contributed by atoms with Crippen LogP contribution in [-0.4, -0.2) is 66.4 Å². The van der Waals surface area contributed by atoms with Crippen LogP contribution in [0.2, 0.25) is 0 Å². The average molecular weight is 621 g/mol. The maximum atomic E-state index is 15.0. The molecule has 2 heterocycles. The number of halogens is 2. The minimum absolute atomic E-state index is 0.0839. The number of β-amino-alcohol motifs (C(OH)–C–C–N with tert-alkyl or cyclic N) is 1. The molecule has 236 valence electrons. The van der Waals surface area contributed by atoms with E-state index in [0.717, 1.165) is 32.0 Å². The number of benzene rings is 3. The van der Waals surface area contributed by atoms with E-state index in [-0.39, 0.29) is 24.5 Å². The number of hydrogen-bond acceptors (Lipinski definition) is 8. The number of methoxy groups -OCH3 is 1. The van der Waals surface area contributed by atoms with E-state index in [1.807, 2.05) is 0 Å². The third-order valence-corrected chi connectivity index (χ3v) is 7.28. The van der Waals surface area contributed by atoms with Gasteiger partial charge in [0.1, 0.15) is 24.3 Å². The van der Waals surface area contributed by atoms with Crippen molar-refractivity contribution >= 4 is 28.5 Å². The fraction of sp³-hybridized carbons (Fsp3) is 0.303. The number of anilines is 1. The molecule has 1 unspecified atom stereocenters. The maximum Gasteiger partial charge on any atom is 0.325 e. The Morgan fingerprint density at radius 1 is 0.956 bits per heavy atom. The van der Waals surface area contributed by atoms with Crippen molar-refractivity contribution < 1.29 is 37.7 Å². The number of aliphatic hydroxyl groups is 1. The lowest BCUT2D eigenvalue weighted by atomic mass is 10.1. The maximum absolute atomic E-state index is 15.0. The number of nitrogens with one attached hydrogen (secondary N) is 2. The van der Waals surface area contributed by atoms with Crippen molar-refractivity contribution in [1.82, 2.24) is 15.2 Å². The molecule has 1 aromatic heterocycles. The van der Waals surface area contributed by atoms with E-state index in [4.69, 9.17) is 14.2 Å². The Morgan fingerprint density at radius 2 is 1.73 bits per heavy atom. The van der Waals surface area contributed by atoms with Crippen molar-refractivity contribution in [3.63, 3.8) is 0 Å². The van der Waals surface area contributed by atoms with Gasteiger partial charge in [0.05, 0.1) is 19.0 Å². The molecule has 1 aliphatic rings. The number of ether oxygens (including phenoxy) is 3. The van der Waals surface area contributed by atoms with E-state index in [1.54, 1.807) is 18.2 Å². The monoisotopic (exact) mass is 620 g/mol. The highest BCUT2D eigenvalue weighted by Crippen LogP contribution is 2.38. The van der Waals surface area contributed by atoms with Crippen LogP contribution in [0.15, 0.2) is 66.9 Å². The Labute approximate surface area is 258 Å². The Bertz CT molecular complexity index is 1650. The number of fused-ring (bicyclic) bond motifs is 1. The number of imide groups is 1. The van der Waals surface area contributed by atoms with Gasteiger partial charge in [-0.1, -0.05) is 18.6 Å². The SMILES string of the molecule is COc1cc2c(Oc3ccc(NC(=O)NC(=O)Cc4ccc(F)cc4)cc3F)ccnc2cc1OCC(O)CN1CCCCC1. The first-order chi connectivity index (χ1) is 21.8. The summed E-state index contributed by atoms with van der Waals surface area (Å²) in [6.07, 6.45) is 4.20. The molecular formula is C33H34F2N4O6. The standard InChI is InChI=1S/C33H34F2N4O6/c1-43-30-17-25-27(18-31(30)44-20-24(40)19-39-13-3-2-4-14-39)36-12-11-28(25)45-29-10-9-23(16-26(29)35)37-33(42)38-32(41)15-21-5-7-22(34)8-6-21/h5-12,16-18,24,40H,2-4,13-15,19-20H2,1H3,(H2,37,38,41,42). The quantitative estimate of drug-likeness (QED) is 0.203. The molecular weight excluding hydrogens is 586 g/mol. The normalized spacial score (nSPS) is 14.0. The van der Waals surface area contributed by atoms with Gasteiger partial charge in [-0.3, -0.25) is 15.1 Å². The number of aromatic nitrogens is 1. The Hall–Kier alpha value is -4.81. The second-order valence-corrected chi connectivity index (χ2v) is 10.7. The predicted molar refractivity (Wildman–Crippen MR) is 164 cm³/mol. The van der Waals surface area contributed by atoms with E-state index < -0.39 is 29.7 Å². The highest BCUT2D eigenvalue weighted by atomic mass is 19.1. The topological polar surface area (TPSA) is 122 Å². The van der Waals surface area contributed by atoms with Crippen LogP contribution in [0.1, 0.15) is 24.8 Å². The molecule has 0 spiro atoms. The summed E-state index contributed by atoms with van der Waals surface area (Å²) in [5.41, 5.74) is 1.13. The lowest BCUT2D eigenvalue weighted by molar-refractivity contribution is -0.119. The second kappa shape index (κ2) is 14.8. The first-order valence-corrected chi connectivity index (χ1v) is 14.6. The van der Waals surface area contributed by atoms with Crippen molar-refractivity contribution in [3.05, 3.63) is 84.1 Å². The van der Waals surface area contributed by atoms with Crippen LogP contribution in [0.4, 0.5) is 19.3 Å². The summed E-state index contributed by atoms with van der Waals surface area (Å²) in [5.74, 6) is -0.807. The number of pyridine rings is 1.